The molecule has 0 spiro atoms. The zero-order chi connectivity index (χ0) is 19.0. The molecule has 5 atom stereocenters. The molecule has 10 nitrogen and oxygen atoms in total. The largest absolute Gasteiger partial charge is 0.479 e. The van der Waals surface area contributed by atoms with E-state index >= 15 is 0 Å². The predicted molar refractivity (Wildman–Crippen MR) is 82.1 cm³/mol. The summed E-state index contributed by atoms with van der Waals surface area (Å²) in [6, 6.07) is 6.32. The Morgan fingerprint density at radius 1 is 1.04 bits per heavy atom. The maximum atomic E-state index is 12.2. The molecule has 3 rings (SSSR count). The Hall–Kier alpha value is -2.37. The van der Waals surface area contributed by atoms with Crippen molar-refractivity contribution in [1.29, 1.82) is 0 Å². The lowest BCUT2D eigenvalue weighted by molar-refractivity contribution is -0.293. The van der Waals surface area contributed by atoms with Crippen molar-refractivity contribution in [3.8, 4) is 0 Å². The molecule has 0 aromatic heterocycles. The van der Waals surface area contributed by atoms with Crippen LogP contribution >= 0.6 is 0 Å². The average Bonchev–Trinajstić information content (AvgIpc) is 2.86. The summed E-state index contributed by atoms with van der Waals surface area (Å²) in [5.74, 6) is -2.51. The van der Waals surface area contributed by atoms with Crippen LogP contribution in [0, 0.1) is 0 Å². The van der Waals surface area contributed by atoms with Gasteiger partial charge in [0.1, 0.15) is 18.3 Å². The Labute approximate surface area is 147 Å². The van der Waals surface area contributed by atoms with Gasteiger partial charge >= 0.3 is 5.97 Å². The highest BCUT2D eigenvalue weighted by molar-refractivity contribution is 6.21. The first-order valence-electron chi connectivity index (χ1n) is 7.82. The van der Waals surface area contributed by atoms with Gasteiger partial charge in [-0.15, -0.1) is 0 Å². The molecule has 2 amide bonds. The molecule has 10 heteroatoms. The van der Waals surface area contributed by atoms with E-state index in [0.717, 1.165) is 4.90 Å². The van der Waals surface area contributed by atoms with E-state index in [-0.39, 0.29) is 24.3 Å². The standard InChI is InChI=1S/C16H17NO9/c18-9-10(19)12(15(23)24)26-16(11(9)20)25-6-5-17-13(21)7-3-1-2-4-8(7)14(17)22/h1-4,9-12,16,18-20H,5-6H2,(H,23,24)/t9-,10-,11+,12-,16+/m0/s1. The van der Waals surface area contributed by atoms with Crippen molar-refractivity contribution in [3.05, 3.63) is 35.4 Å². The van der Waals surface area contributed by atoms with Crippen molar-refractivity contribution < 1.29 is 44.3 Å². The number of aliphatic carboxylic acids is 1. The van der Waals surface area contributed by atoms with E-state index in [1.807, 2.05) is 0 Å². The fourth-order valence-electron chi connectivity index (χ4n) is 2.89. The summed E-state index contributed by atoms with van der Waals surface area (Å²) in [6.07, 6.45) is -8.61. The molecular formula is C16H17NO9. The molecule has 1 aromatic carbocycles. The molecule has 0 radical (unpaired) electrons. The van der Waals surface area contributed by atoms with Crippen LogP contribution in [-0.2, 0) is 14.3 Å². The maximum absolute atomic E-state index is 12.2. The van der Waals surface area contributed by atoms with Crippen LogP contribution in [-0.4, -0.2) is 87.0 Å². The summed E-state index contributed by atoms with van der Waals surface area (Å²) in [5, 5.41) is 38.1. The number of hydrogen-bond acceptors (Lipinski definition) is 8. The Balaban J connectivity index is 1.61. The Morgan fingerprint density at radius 2 is 1.62 bits per heavy atom. The van der Waals surface area contributed by atoms with Gasteiger partial charge in [0.05, 0.1) is 24.3 Å². The number of carboxylic acids is 1. The topological polar surface area (TPSA) is 154 Å². The van der Waals surface area contributed by atoms with Crippen LogP contribution < -0.4 is 0 Å². The fourth-order valence-corrected chi connectivity index (χ4v) is 2.89. The Bertz CT molecular complexity index is 701. The summed E-state index contributed by atoms with van der Waals surface area (Å²) in [4.78, 5) is 36.4. The molecule has 4 N–H and O–H groups in total. The van der Waals surface area contributed by atoms with Gasteiger partial charge in [0.25, 0.3) is 11.8 Å². The van der Waals surface area contributed by atoms with Crippen LogP contribution in [0.15, 0.2) is 24.3 Å². The summed E-state index contributed by atoms with van der Waals surface area (Å²) in [5.41, 5.74) is 0.548. The van der Waals surface area contributed by atoms with Gasteiger partial charge in [0.2, 0.25) is 0 Å². The second-order valence-electron chi connectivity index (χ2n) is 5.91. The molecule has 0 unspecified atom stereocenters. The molecule has 1 aromatic rings. The number of fused-ring (bicyclic) bond motifs is 1. The highest BCUT2D eigenvalue weighted by atomic mass is 16.7. The number of rotatable bonds is 5. The highest BCUT2D eigenvalue weighted by Gasteiger charge is 2.47. The van der Waals surface area contributed by atoms with E-state index in [1.165, 1.54) is 12.1 Å². The zero-order valence-corrected chi connectivity index (χ0v) is 13.4. The van der Waals surface area contributed by atoms with Gasteiger partial charge in [-0.25, -0.2) is 4.79 Å². The summed E-state index contributed by atoms with van der Waals surface area (Å²) < 4.78 is 10.2. The molecule has 1 fully saturated rings. The number of carbonyl (C=O) groups is 3. The molecule has 2 aliphatic rings. The number of carboxylic acid groups (broad SMARTS) is 1. The smallest absolute Gasteiger partial charge is 0.335 e. The van der Waals surface area contributed by atoms with Crippen molar-refractivity contribution in [3.63, 3.8) is 0 Å². The number of amides is 2. The number of nitrogens with zero attached hydrogens (tertiary/aromatic N) is 1. The molecule has 140 valence electrons. The normalized spacial score (nSPS) is 31.2. The number of aliphatic hydroxyl groups is 3. The second kappa shape index (κ2) is 7.09. The van der Waals surface area contributed by atoms with Gasteiger partial charge in [0.15, 0.2) is 12.4 Å². The van der Waals surface area contributed by atoms with E-state index in [1.54, 1.807) is 12.1 Å². The monoisotopic (exact) mass is 367 g/mol. The van der Waals surface area contributed by atoms with Gasteiger partial charge in [-0.3, -0.25) is 14.5 Å². The first-order chi connectivity index (χ1) is 12.3. The molecule has 1 saturated heterocycles. The van der Waals surface area contributed by atoms with Gasteiger partial charge in [-0.2, -0.15) is 0 Å². The number of ether oxygens (including phenoxy) is 2. The second-order valence-corrected chi connectivity index (χ2v) is 5.91. The Kier molecular flexibility index (Phi) is 5.03. The lowest BCUT2D eigenvalue weighted by atomic mass is 9.99. The zero-order valence-electron chi connectivity index (χ0n) is 13.4. The summed E-state index contributed by atoms with van der Waals surface area (Å²) in [6.45, 7) is -0.419. The number of imide groups is 1. The van der Waals surface area contributed by atoms with E-state index in [9.17, 15) is 29.7 Å². The third-order valence-electron chi connectivity index (χ3n) is 4.29. The van der Waals surface area contributed by atoms with Crippen molar-refractivity contribution >= 4 is 17.8 Å². The van der Waals surface area contributed by atoms with Crippen LogP contribution in [0.2, 0.25) is 0 Å². The van der Waals surface area contributed by atoms with Crippen LogP contribution in [0.3, 0.4) is 0 Å². The van der Waals surface area contributed by atoms with E-state index in [0.29, 0.717) is 0 Å². The average molecular weight is 367 g/mol. The van der Waals surface area contributed by atoms with Gasteiger partial charge in [-0.05, 0) is 12.1 Å². The van der Waals surface area contributed by atoms with Crippen LogP contribution in [0.25, 0.3) is 0 Å². The maximum Gasteiger partial charge on any atom is 0.335 e. The van der Waals surface area contributed by atoms with Crippen molar-refractivity contribution in [2.75, 3.05) is 13.2 Å². The van der Waals surface area contributed by atoms with Crippen LogP contribution in [0.1, 0.15) is 20.7 Å². The van der Waals surface area contributed by atoms with Crippen molar-refractivity contribution in [1.82, 2.24) is 4.90 Å². The van der Waals surface area contributed by atoms with Crippen molar-refractivity contribution in [2.45, 2.75) is 30.7 Å². The summed E-state index contributed by atoms with van der Waals surface area (Å²) in [7, 11) is 0. The van der Waals surface area contributed by atoms with Gasteiger partial charge < -0.3 is 29.9 Å². The molecule has 0 bridgehead atoms. The predicted octanol–water partition coefficient (Wildman–Crippen LogP) is -1.81. The minimum atomic E-state index is -1.82. The van der Waals surface area contributed by atoms with E-state index < -0.39 is 48.5 Å². The van der Waals surface area contributed by atoms with Gasteiger partial charge in [-0.1, -0.05) is 12.1 Å². The van der Waals surface area contributed by atoms with Crippen molar-refractivity contribution in [2.24, 2.45) is 0 Å². The van der Waals surface area contributed by atoms with Crippen LogP contribution in [0.4, 0.5) is 0 Å². The SMILES string of the molecule is O=C(O)[C@H]1O[C@@H](OCCN2C(=O)c3ccccc3C2=O)[C@H](O)[C@@H](O)[C@@H]1O. The number of aliphatic hydroxyl groups excluding tert-OH is 3. The number of hydrogen-bond donors (Lipinski definition) is 4. The summed E-state index contributed by atoms with van der Waals surface area (Å²) >= 11 is 0. The number of carbonyl (C=O) groups excluding carboxylic acids is 2. The third kappa shape index (κ3) is 3.08. The molecule has 2 heterocycles. The molecule has 0 aliphatic carbocycles. The molecular weight excluding hydrogens is 350 g/mol. The van der Waals surface area contributed by atoms with Crippen LogP contribution in [0.5, 0.6) is 0 Å². The van der Waals surface area contributed by atoms with E-state index in [2.05, 4.69) is 0 Å². The first kappa shape index (κ1) is 18.4. The minimum Gasteiger partial charge on any atom is -0.479 e. The van der Waals surface area contributed by atoms with Gasteiger partial charge in [0, 0.05) is 0 Å². The van der Waals surface area contributed by atoms with E-state index in [4.69, 9.17) is 14.6 Å². The fraction of sp³-hybridized carbons (Fsp3) is 0.438. The molecule has 0 saturated carbocycles. The third-order valence-corrected chi connectivity index (χ3v) is 4.29. The first-order valence-corrected chi connectivity index (χ1v) is 7.82. The number of benzene rings is 1. The molecule has 26 heavy (non-hydrogen) atoms. The highest BCUT2D eigenvalue weighted by Crippen LogP contribution is 2.24. The lowest BCUT2D eigenvalue weighted by Gasteiger charge is -2.38. The quantitative estimate of drug-likeness (QED) is 0.441. The lowest BCUT2D eigenvalue weighted by Crippen LogP contribution is -2.60. The molecule has 2 aliphatic heterocycles. The Morgan fingerprint density at radius 3 is 2.15 bits per heavy atom. The minimum absolute atomic E-state index is 0.157.